The highest BCUT2D eigenvalue weighted by Crippen LogP contribution is 2.35. The second-order valence-electron chi connectivity index (χ2n) is 11.8. The van der Waals surface area contributed by atoms with Crippen molar-refractivity contribution in [2.75, 3.05) is 60.3 Å². The minimum Gasteiger partial charge on any atom is -0.496 e. The fraction of sp³-hybridized carbons (Fsp3) is 0.576. The first-order valence-electron chi connectivity index (χ1n) is 15.9. The normalized spacial score (nSPS) is 17.6. The van der Waals surface area contributed by atoms with Crippen LogP contribution in [0.3, 0.4) is 0 Å². The molecule has 258 valence electrons. The number of ether oxygens (including phenoxy) is 4. The van der Waals surface area contributed by atoms with E-state index in [-0.39, 0.29) is 43.2 Å². The summed E-state index contributed by atoms with van der Waals surface area (Å²) in [6.45, 7) is 10.6. The van der Waals surface area contributed by atoms with Gasteiger partial charge in [-0.05, 0) is 43.6 Å². The van der Waals surface area contributed by atoms with E-state index >= 15 is 0 Å². The molecule has 3 heterocycles. The Morgan fingerprint density at radius 1 is 1.13 bits per heavy atom. The number of likely N-dealkylation sites (N-methyl/N-ethyl adjacent to an activating group) is 1. The number of nitrogens with zero attached hydrogens (tertiary/aromatic N) is 3. The van der Waals surface area contributed by atoms with Crippen molar-refractivity contribution in [2.45, 2.75) is 58.2 Å². The summed E-state index contributed by atoms with van der Waals surface area (Å²) in [5.74, 6) is -0.395. The lowest BCUT2D eigenvalue weighted by Gasteiger charge is -2.29. The zero-order valence-corrected chi connectivity index (χ0v) is 28.8. The average molecular weight is 674 g/mol. The molecule has 2 aromatic heterocycles. The largest absolute Gasteiger partial charge is 0.496 e. The highest BCUT2D eigenvalue weighted by molar-refractivity contribution is 7.13. The van der Waals surface area contributed by atoms with E-state index in [0.717, 1.165) is 28.2 Å². The van der Waals surface area contributed by atoms with E-state index < -0.39 is 24.1 Å². The van der Waals surface area contributed by atoms with Crippen molar-refractivity contribution in [1.82, 2.24) is 25.7 Å². The van der Waals surface area contributed by atoms with Crippen LogP contribution >= 0.6 is 11.3 Å². The van der Waals surface area contributed by atoms with Crippen molar-refractivity contribution in [2.24, 2.45) is 5.92 Å². The van der Waals surface area contributed by atoms with Crippen molar-refractivity contribution in [1.29, 1.82) is 0 Å². The van der Waals surface area contributed by atoms with Gasteiger partial charge in [-0.1, -0.05) is 26.0 Å². The second-order valence-corrected chi connectivity index (χ2v) is 12.7. The number of nitrogens with one attached hydrogen (secondary N) is 2. The molecule has 0 bridgehead atoms. The van der Waals surface area contributed by atoms with Gasteiger partial charge in [-0.25, -0.2) is 4.98 Å². The molecule has 1 aromatic carbocycles. The summed E-state index contributed by atoms with van der Waals surface area (Å²) >= 11 is 1.55. The summed E-state index contributed by atoms with van der Waals surface area (Å²) in [4.78, 5) is 34.4. The van der Waals surface area contributed by atoms with Crippen molar-refractivity contribution >= 4 is 23.2 Å². The Kier molecular flexibility index (Phi) is 13.5. The minimum atomic E-state index is -0.857. The molecule has 1 aliphatic heterocycles. The van der Waals surface area contributed by atoms with Crippen molar-refractivity contribution in [3.05, 3.63) is 46.8 Å². The van der Waals surface area contributed by atoms with Crippen LogP contribution in [0.15, 0.2) is 34.3 Å². The van der Waals surface area contributed by atoms with E-state index in [2.05, 4.69) is 20.8 Å². The van der Waals surface area contributed by atoms with Crippen LogP contribution in [-0.4, -0.2) is 104 Å². The summed E-state index contributed by atoms with van der Waals surface area (Å²) in [7, 11) is 3.46. The van der Waals surface area contributed by atoms with Crippen molar-refractivity contribution in [3.63, 3.8) is 0 Å². The number of β-amino-alcohol motifs (C(OH)–C–C–N with tert-alkyl or cyclic N) is 1. The van der Waals surface area contributed by atoms with Crippen LogP contribution < -0.4 is 20.1 Å². The van der Waals surface area contributed by atoms with Crippen molar-refractivity contribution in [3.8, 4) is 22.1 Å². The first-order valence-corrected chi connectivity index (χ1v) is 16.8. The Morgan fingerprint density at radius 2 is 1.87 bits per heavy atom. The third kappa shape index (κ3) is 9.51. The fourth-order valence-corrected chi connectivity index (χ4v) is 6.39. The quantitative estimate of drug-likeness (QED) is 0.170. The number of likely N-dealkylation sites (tertiary alicyclic amines) is 1. The molecule has 1 saturated heterocycles. The predicted octanol–water partition coefficient (Wildman–Crippen LogP) is 3.33. The van der Waals surface area contributed by atoms with E-state index in [9.17, 15) is 14.7 Å². The van der Waals surface area contributed by atoms with Crippen LogP contribution in [0, 0.1) is 12.8 Å². The van der Waals surface area contributed by atoms with Gasteiger partial charge in [0.2, 0.25) is 11.8 Å². The Morgan fingerprint density at radius 3 is 2.55 bits per heavy atom. The molecule has 47 heavy (non-hydrogen) atoms. The van der Waals surface area contributed by atoms with Gasteiger partial charge in [-0.2, -0.15) is 0 Å². The number of aliphatic hydroxyl groups excluding tert-OH is 1. The van der Waals surface area contributed by atoms with Gasteiger partial charge in [0.25, 0.3) is 5.88 Å². The minimum absolute atomic E-state index is 0.0360. The number of hydrogen-bond donors (Lipinski definition) is 3. The lowest BCUT2D eigenvalue weighted by Crippen LogP contribution is -2.48. The molecule has 13 nitrogen and oxygen atoms in total. The predicted molar refractivity (Wildman–Crippen MR) is 177 cm³/mol. The third-order valence-electron chi connectivity index (χ3n) is 8.02. The first-order chi connectivity index (χ1) is 22.6. The molecule has 4 atom stereocenters. The van der Waals surface area contributed by atoms with Crippen LogP contribution in [0.5, 0.6) is 11.6 Å². The summed E-state index contributed by atoms with van der Waals surface area (Å²) < 4.78 is 27.8. The maximum Gasteiger partial charge on any atom is 0.254 e. The molecule has 14 heteroatoms. The van der Waals surface area contributed by atoms with Gasteiger partial charge in [0.05, 0.1) is 61.8 Å². The number of carbonyl (C=O) groups excluding carboxylic acids is 2. The first kappa shape index (κ1) is 36.3. The number of methoxy groups -OCH3 is 1. The van der Waals surface area contributed by atoms with Crippen LogP contribution in [0.2, 0.25) is 0 Å². The molecule has 0 radical (unpaired) electrons. The number of hydrogen-bond acceptors (Lipinski definition) is 12. The van der Waals surface area contributed by atoms with Gasteiger partial charge in [0, 0.05) is 31.1 Å². The van der Waals surface area contributed by atoms with Gasteiger partial charge < -0.3 is 44.1 Å². The summed E-state index contributed by atoms with van der Waals surface area (Å²) in [5, 5.41) is 20.6. The number of benzene rings is 1. The number of carbonyl (C=O) groups is 2. The second kappa shape index (κ2) is 17.6. The molecule has 1 fully saturated rings. The van der Waals surface area contributed by atoms with Gasteiger partial charge in [-0.15, -0.1) is 11.3 Å². The molecular weight excluding hydrogens is 626 g/mol. The highest BCUT2D eigenvalue weighted by Gasteiger charge is 2.43. The molecule has 0 aliphatic carbocycles. The molecule has 3 N–H and O–H groups in total. The zero-order chi connectivity index (χ0) is 33.9. The van der Waals surface area contributed by atoms with Gasteiger partial charge in [0.1, 0.15) is 24.3 Å². The number of thiazole rings is 1. The van der Waals surface area contributed by atoms with E-state index in [1.807, 2.05) is 52.9 Å². The molecule has 0 unspecified atom stereocenters. The van der Waals surface area contributed by atoms with E-state index in [1.165, 1.54) is 4.90 Å². The molecule has 0 spiro atoms. The topological polar surface area (TPSA) is 158 Å². The number of rotatable bonds is 18. The van der Waals surface area contributed by atoms with E-state index in [0.29, 0.717) is 37.9 Å². The summed E-state index contributed by atoms with van der Waals surface area (Å²) in [6, 6.07) is 6.16. The molecule has 1 aliphatic rings. The number of aliphatic hydroxyl groups is 1. The number of aryl methyl sites for hydroxylation is 1. The van der Waals surface area contributed by atoms with Crippen molar-refractivity contribution < 1.29 is 38.2 Å². The zero-order valence-electron chi connectivity index (χ0n) is 28.0. The molecule has 4 rings (SSSR count). The monoisotopic (exact) mass is 673 g/mol. The van der Waals surface area contributed by atoms with Gasteiger partial charge in [0.15, 0.2) is 5.76 Å². The summed E-state index contributed by atoms with van der Waals surface area (Å²) in [6.07, 6.45) is -0.710. The van der Waals surface area contributed by atoms with Gasteiger partial charge >= 0.3 is 0 Å². The Bertz CT molecular complexity index is 1450. The Hall–Kier alpha value is -3.56. The van der Waals surface area contributed by atoms with Crippen LogP contribution in [0.25, 0.3) is 10.4 Å². The number of amides is 2. The molecule has 3 aromatic rings. The van der Waals surface area contributed by atoms with E-state index in [1.54, 1.807) is 30.0 Å². The smallest absolute Gasteiger partial charge is 0.254 e. The average Bonchev–Trinajstić information content (AvgIpc) is 3.79. The lowest BCUT2D eigenvalue weighted by molar-refractivity contribution is -0.141. The van der Waals surface area contributed by atoms with Crippen LogP contribution in [0.1, 0.15) is 56.2 Å². The summed E-state index contributed by atoms with van der Waals surface area (Å²) in [5.41, 5.74) is 4.52. The third-order valence-corrected chi connectivity index (χ3v) is 9.00. The molecule has 2 amide bonds. The standard InChI is InChI=1S/C33H47N5O8S/c1-20(2)30(28-17-29(37-46-28)45-14-13-44-12-11-43-10-9-34-5)33(41)38-18-24(39)16-26(38)32(40)36-21(3)25-8-7-23(15-27(25)42-6)31-22(4)35-19-47-31/h7-8,15,17,19-21,24,26,30,34,39H,9-14,16,18H2,1-6H3,(H,36,40)/t21-,24+,26-,30+/m0/s1. The lowest BCUT2D eigenvalue weighted by atomic mass is 9.91. The fourth-order valence-electron chi connectivity index (χ4n) is 5.58. The van der Waals surface area contributed by atoms with Gasteiger partial charge in [-0.3, -0.25) is 9.59 Å². The Labute approximate surface area is 279 Å². The van der Waals surface area contributed by atoms with Crippen LogP contribution in [0.4, 0.5) is 0 Å². The highest BCUT2D eigenvalue weighted by atomic mass is 32.1. The number of aromatic nitrogens is 2. The van der Waals surface area contributed by atoms with Crippen LogP contribution in [-0.2, 0) is 19.1 Å². The Balaban J connectivity index is 1.37. The maximum atomic E-state index is 14.0. The molecule has 0 saturated carbocycles. The van der Waals surface area contributed by atoms with E-state index in [4.69, 9.17) is 23.5 Å². The molecular formula is C33H47N5O8S. The SMILES string of the molecule is CNCCOCCOCCOc1cc([C@H](C(=O)N2C[C@H](O)C[C@H]2C(=O)N[C@@H](C)c2ccc(-c3scnc3C)cc2OC)C(C)C)on1. The maximum absolute atomic E-state index is 14.0.